The maximum Gasteiger partial charge on any atom is 0.433 e. The summed E-state index contributed by atoms with van der Waals surface area (Å²) < 4.78 is 65.7. The Morgan fingerprint density at radius 2 is 1.83 bits per heavy atom. The summed E-state index contributed by atoms with van der Waals surface area (Å²) in [4.78, 5) is 15.9. The minimum absolute atomic E-state index is 0.0349. The van der Waals surface area contributed by atoms with Gasteiger partial charge in [-0.15, -0.1) is 0 Å². The first-order chi connectivity index (χ1) is 16.3. The van der Waals surface area contributed by atoms with Gasteiger partial charge in [-0.1, -0.05) is 19.9 Å². The van der Waals surface area contributed by atoms with Crippen molar-refractivity contribution in [2.45, 2.75) is 56.6 Å². The van der Waals surface area contributed by atoms with E-state index in [1.165, 1.54) is 12.1 Å². The van der Waals surface area contributed by atoms with E-state index in [1.807, 2.05) is 10.9 Å². The van der Waals surface area contributed by atoms with E-state index in [0.717, 1.165) is 50.1 Å². The summed E-state index contributed by atoms with van der Waals surface area (Å²) in [7, 11) is -3.78. The van der Waals surface area contributed by atoms with Crippen molar-refractivity contribution < 1.29 is 26.4 Å². The van der Waals surface area contributed by atoms with Gasteiger partial charge in [-0.3, -0.25) is 9.48 Å². The van der Waals surface area contributed by atoms with Crippen LogP contribution >= 0.6 is 0 Å². The number of sulfone groups is 1. The molecule has 1 amide bonds. The first kappa shape index (κ1) is 25.2. The predicted molar refractivity (Wildman–Crippen MR) is 126 cm³/mol. The number of carbonyl (C=O) groups excluding carboxylic acids is 1. The van der Waals surface area contributed by atoms with Gasteiger partial charge in [0.05, 0.1) is 22.1 Å². The molecule has 188 valence electrons. The van der Waals surface area contributed by atoms with Gasteiger partial charge in [0, 0.05) is 17.8 Å². The van der Waals surface area contributed by atoms with Crippen LogP contribution in [0.5, 0.6) is 0 Å². The van der Waals surface area contributed by atoms with E-state index in [1.54, 1.807) is 0 Å². The van der Waals surface area contributed by atoms with E-state index >= 15 is 0 Å². The Kier molecular flexibility index (Phi) is 6.65. The number of anilines is 1. The molecule has 1 saturated carbocycles. The van der Waals surface area contributed by atoms with Crippen molar-refractivity contribution in [1.29, 1.82) is 0 Å². The lowest BCUT2D eigenvalue weighted by Gasteiger charge is -2.30. The van der Waals surface area contributed by atoms with Gasteiger partial charge in [0.25, 0.3) is 5.91 Å². The van der Waals surface area contributed by atoms with Gasteiger partial charge in [-0.25, -0.2) is 13.4 Å². The van der Waals surface area contributed by atoms with Gasteiger partial charge in [-0.2, -0.15) is 18.3 Å². The number of alkyl halides is 3. The van der Waals surface area contributed by atoms with E-state index < -0.39 is 33.3 Å². The summed E-state index contributed by atoms with van der Waals surface area (Å²) in [5.41, 5.74) is -1.26. The van der Waals surface area contributed by atoms with Gasteiger partial charge < -0.3 is 5.32 Å². The first-order valence-electron chi connectivity index (χ1n) is 11.4. The number of carbonyl (C=O) groups is 1. The minimum Gasteiger partial charge on any atom is -0.319 e. The average Bonchev–Trinajstić information content (AvgIpc) is 3.20. The number of aromatic nitrogens is 3. The van der Waals surface area contributed by atoms with Crippen LogP contribution in [0.4, 0.5) is 18.9 Å². The second-order valence-electron chi connectivity index (χ2n) is 9.46. The van der Waals surface area contributed by atoms with Gasteiger partial charge in [-0.05, 0) is 61.8 Å². The molecule has 0 bridgehead atoms. The maximum absolute atomic E-state index is 13.0. The first-order valence-corrected chi connectivity index (χ1v) is 13.3. The van der Waals surface area contributed by atoms with Crippen LogP contribution in [0.1, 0.15) is 61.8 Å². The van der Waals surface area contributed by atoms with Crippen molar-refractivity contribution in [3.63, 3.8) is 0 Å². The van der Waals surface area contributed by atoms with Crippen LogP contribution in [0, 0.1) is 11.8 Å². The monoisotopic (exact) mass is 508 g/mol. The van der Waals surface area contributed by atoms with Crippen LogP contribution in [0.2, 0.25) is 0 Å². The normalized spacial score (nSPS) is 19.3. The van der Waals surface area contributed by atoms with E-state index in [2.05, 4.69) is 29.2 Å². The summed E-state index contributed by atoms with van der Waals surface area (Å²) in [6, 6.07) is 6.04. The number of benzene rings is 1. The summed E-state index contributed by atoms with van der Waals surface area (Å²) in [5, 5.41) is 7.65. The lowest BCUT2D eigenvalue weighted by Crippen LogP contribution is -2.21. The zero-order chi connectivity index (χ0) is 25.5. The maximum atomic E-state index is 13.0. The lowest BCUT2D eigenvalue weighted by atomic mass is 9.80. The summed E-state index contributed by atoms with van der Waals surface area (Å²) in [5.74, 6) is 0.363. The van der Waals surface area contributed by atoms with Crippen LogP contribution < -0.4 is 5.32 Å². The van der Waals surface area contributed by atoms with Crippen LogP contribution in [0.15, 0.2) is 41.4 Å². The number of nitrogens with zero attached hydrogens (tertiary/aromatic N) is 3. The molecule has 1 fully saturated rings. The van der Waals surface area contributed by atoms with Gasteiger partial charge in [0.15, 0.2) is 9.84 Å². The van der Waals surface area contributed by atoms with Crippen LogP contribution in [-0.2, 0) is 16.0 Å². The van der Waals surface area contributed by atoms with Crippen molar-refractivity contribution in [1.82, 2.24) is 14.8 Å². The Bertz CT molecular complexity index is 1360. The molecule has 1 aromatic carbocycles. The second kappa shape index (κ2) is 9.25. The lowest BCUT2D eigenvalue weighted by molar-refractivity contribution is -0.141. The molecule has 3 aromatic rings. The Hall–Kier alpha value is -2.95. The van der Waals surface area contributed by atoms with E-state index in [9.17, 15) is 26.4 Å². The smallest absolute Gasteiger partial charge is 0.319 e. The molecule has 0 unspecified atom stereocenters. The zero-order valence-electron chi connectivity index (χ0n) is 19.6. The molecule has 1 aliphatic carbocycles. The van der Waals surface area contributed by atoms with E-state index in [0.29, 0.717) is 22.7 Å². The number of fused-ring (bicyclic) bond motifs is 1. The number of halogens is 3. The van der Waals surface area contributed by atoms with Crippen molar-refractivity contribution in [2.24, 2.45) is 11.8 Å². The van der Waals surface area contributed by atoms with Crippen molar-refractivity contribution in [2.75, 3.05) is 11.6 Å². The highest BCUT2D eigenvalue weighted by molar-refractivity contribution is 7.90. The summed E-state index contributed by atoms with van der Waals surface area (Å²) in [6.45, 7) is 4.45. The number of amides is 1. The molecule has 0 atom stereocenters. The Balaban J connectivity index is 1.65. The fourth-order valence-corrected chi connectivity index (χ4v) is 5.44. The topological polar surface area (TPSA) is 94.0 Å². The molecule has 1 aliphatic rings. The van der Waals surface area contributed by atoms with Crippen LogP contribution in [-0.4, -0.2) is 35.3 Å². The zero-order valence-corrected chi connectivity index (χ0v) is 20.4. The highest BCUT2D eigenvalue weighted by Crippen LogP contribution is 2.37. The second-order valence-corrected chi connectivity index (χ2v) is 11.4. The highest BCUT2D eigenvalue weighted by Gasteiger charge is 2.33. The Morgan fingerprint density at radius 1 is 1.14 bits per heavy atom. The number of hydrogen-bond acceptors (Lipinski definition) is 5. The van der Waals surface area contributed by atoms with Gasteiger partial charge >= 0.3 is 6.18 Å². The van der Waals surface area contributed by atoms with Crippen molar-refractivity contribution in [3.05, 3.63) is 47.9 Å². The number of hydrogen-bond donors (Lipinski definition) is 1. The quantitative estimate of drug-likeness (QED) is 0.492. The standard InChI is InChI=1S/C24H27F3N4O3S/c1-14(2)15-7-9-17(10-8-15)31-13-16-11-20(21(35(3,33)34)12-19(16)30-31)29-23(32)18-5-4-6-22(28-18)24(25,26)27/h4-6,11-15,17H,7-10H2,1-3H3,(H,29,32). The number of pyridine rings is 1. The third-order valence-electron chi connectivity index (χ3n) is 6.60. The largest absolute Gasteiger partial charge is 0.433 e. The number of rotatable bonds is 5. The van der Waals surface area contributed by atoms with Gasteiger partial charge in [0.2, 0.25) is 0 Å². The molecule has 7 nitrogen and oxygen atoms in total. The molecule has 35 heavy (non-hydrogen) atoms. The highest BCUT2D eigenvalue weighted by atomic mass is 32.2. The summed E-state index contributed by atoms with van der Waals surface area (Å²) in [6.07, 6.45) is 2.24. The average molecular weight is 509 g/mol. The van der Waals surface area contributed by atoms with E-state index in [-0.39, 0.29) is 16.6 Å². The SMILES string of the molecule is CC(C)C1CCC(n2cc3cc(NC(=O)c4cccc(C(F)(F)F)n4)c(S(C)(=O)=O)cc3n2)CC1. The molecule has 0 saturated heterocycles. The van der Waals surface area contributed by atoms with Crippen molar-refractivity contribution in [3.8, 4) is 0 Å². The van der Waals surface area contributed by atoms with E-state index in [4.69, 9.17) is 0 Å². The third kappa shape index (κ3) is 5.50. The molecule has 4 rings (SSSR count). The minimum atomic E-state index is -4.71. The molecular weight excluding hydrogens is 481 g/mol. The Morgan fingerprint density at radius 3 is 2.43 bits per heavy atom. The molecule has 2 aromatic heterocycles. The fourth-order valence-electron chi connectivity index (χ4n) is 4.60. The molecule has 11 heteroatoms. The van der Waals surface area contributed by atoms with Gasteiger partial charge in [0.1, 0.15) is 11.4 Å². The molecule has 2 heterocycles. The molecule has 0 radical (unpaired) electrons. The van der Waals surface area contributed by atoms with Crippen LogP contribution in [0.3, 0.4) is 0 Å². The number of nitrogens with one attached hydrogen (secondary N) is 1. The fraction of sp³-hybridized carbons (Fsp3) is 0.458. The molecule has 0 aliphatic heterocycles. The molecule has 0 spiro atoms. The third-order valence-corrected chi connectivity index (χ3v) is 7.74. The van der Waals surface area contributed by atoms with Crippen molar-refractivity contribution >= 4 is 32.3 Å². The molecular formula is C24H27F3N4O3S. The predicted octanol–water partition coefficient (Wildman–Crippen LogP) is 5.49. The summed E-state index contributed by atoms with van der Waals surface area (Å²) >= 11 is 0. The Labute approximate surface area is 201 Å². The van der Waals surface area contributed by atoms with Crippen LogP contribution in [0.25, 0.3) is 10.9 Å². The molecule has 1 N–H and O–H groups in total.